The molecule has 54 valence electrons. The minimum absolute atomic E-state index is 0.561. The summed E-state index contributed by atoms with van der Waals surface area (Å²) >= 11 is 5.76. The molecule has 0 unspecified atom stereocenters. The first-order valence-electron chi connectivity index (χ1n) is 3.00. The van der Waals surface area contributed by atoms with Crippen molar-refractivity contribution in [3.05, 3.63) is 22.5 Å². The molecule has 0 radical (unpaired) electrons. The molecule has 0 atom stereocenters. The number of hydrogen-bond donors (Lipinski definition) is 1. The summed E-state index contributed by atoms with van der Waals surface area (Å²) in [6, 6.07) is 1.76. The van der Waals surface area contributed by atoms with Crippen LogP contribution in [0.25, 0.3) is 0 Å². The van der Waals surface area contributed by atoms with Crippen molar-refractivity contribution in [3.8, 4) is 0 Å². The van der Waals surface area contributed by atoms with Crippen molar-refractivity contribution >= 4 is 17.3 Å². The van der Waals surface area contributed by atoms with E-state index in [0.29, 0.717) is 10.7 Å². The first-order valence-corrected chi connectivity index (χ1v) is 3.38. The lowest BCUT2D eigenvalue weighted by Crippen LogP contribution is -1.93. The minimum atomic E-state index is 0.561. The zero-order valence-corrected chi connectivity index (χ0v) is 6.74. The van der Waals surface area contributed by atoms with Gasteiger partial charge in [-0.3, -0.25) is 4.98 Å². The Bertz CT molecular complexity index is 235. The van der Waals surface area contributed by atoms with Gasteiger partial charge in [0.1, 0.15) is 0 Å². The third kappa shape index (κ3) is 1.21. The van der Waals surface area contributed by atoms with E-state index in [2.05, 4.69) is 4.98 Å². The predicted molar refractivity (Wildman–Crippen MR) is 43.1 cm³/mol. The van der Waals surface area contributed by atoms with Crippen LogP contribution in [0.1, 0.15) is 11.4 Å². The summed E-state index contributed by atoms with van der Waals surface area (Å²) in [5.74, 6) is 0. The monoisotopic (exact) mass is 156 g/mol. The van der Waals surface area contributed by atoms with Crippen molar-refractivity contribution in [2.24, 2.45) is 0 Å². The maximum Gasteiger partial charge on any atom is 0.0847 e. The lowest BCUT2D eigenvalue weighted by Gasteiger charge is -2.01. The van der Waals surface area contributed by atoms with Crippen LogP contribution in [0.15, 0.2) is 6.07 Å². The summed E-state index contributed by atoms with van der Waals surface area (Å²) in [6.07, 6.45) is 0. The summed E-state index contributed by atoms with van der Waals surface area (Å²) < 4.78 is 0. The van der Waals surface area contributed by atoms with E-state index in [0.717, 1.165) is 11.4 Å². The molecule has 0 saturated heterocycles. The van der Waals surface area contributed by atoms with Crippen molar-refractivity contribution in [2.45, 2.75) is 13.8 Å². The van der Waals surface area contributed by atoms with E-state index in [1.54, 1.807) is 6.07 Å². The average Bonchev–Trinajstić information content (AvgIpc) is 1.82. The van der Waals surface area contributed by atoms with Crippen LogP contribution in [0.5, 0.6) is 0 Å². The van der Waals surface area contributed by atoms with Crippen LogP contribution in [0.4, 0.5) is 5.69 Å². The number of pyridine rings is 1. The van der Waals surface area contributed by atoms with E-state index >= 15 is 0 Å². The number of nitrogens with two attached hydrogens (primary N) is 1. The number of nitrogens with zero attached hydrogens (tertiary/aromatic N) is 1. The molecule has 0 saturated carbocycles. The average molecular weight is 157 g/mol. The van der Waals surface area contributed by atoms with Crippen molar-refractivity contribution in [2.75, 3.05) is 5.73 Å². The van der Waals surface area contributed by atoms with Crippen LogP contribution in [-0.2, 0) is 0 Å². The largest absolute Gasteiger partial charge is 0.397 e. The van der Waals surface area contributed by atoms with Gasteiger partial charge in [0.15, 0.2) is 0 Å². The van der Waals surface area contributed by atoms with Crippen LogP contribution in [0, 0.1) is 13.8 Å². The zero-order valence-electron chi connectivity index (χ0n) is 5.98. The molecular weight excluding hydrogens is 148 g/mol. The van der Waals surface area contributed by atoms with Gasteiger partial charge in [-0.2, -0.15) is 0 Å². The fraction of sp³-hybridized carbons (Fsp3) is 0.286. The summed E-state index contributed by atoms with van der Waals surface area (Å²) in [7, 11) is 0. The molecule has 0 aliphatic rings. The Kier molecular flexibility index (Phi) is 1.81. The van der Waals surface area contributed by atoms with Gasteiger partial charge >= 0.3 is 0 Å². The van der Waals surface area contributed by atoms with Gasteiger partial charge in [-0.1, -0.05) is 11.6 Å². The van der Waals surface area contributed by atoms with Gasteiger partial charge in [-0.15, -0.1) is 0 Å². The molecule has 0 aliphatic carbocycles. The lowest BCUT2D eigenvalue weighted by atomic mass is 10.3. The Hall–Kier alpha value is -0.760. The summed E-state index contributed by atoms with van der Waals surface area (Å²) in [5, 5.41) is 0.561. The number of anilines is 1. The molecule has 0 bridgehead atoms. The van der Waals surface area contributed by atoms with Crippen LogP contribution in [-0.4, -0.2) is 4.98 Å². The van der Waals surface area contributed by atoms with Gasteiger partial charge in [0.05, 0.1) is 16.4 Å². The molecule has 0 amide bonds. The smallest absolute Gasteiger partial charge is 0.0847 e. The number of rotatable bonds is 0. The second-order valence-electron chi connectivity index (χ2n) is 2.25. The molecule has 1 rings (SSSR count). The highest BCUT2D eigenvalue weighted by Gasteiger charge is 2.00. The third-order valence-corrected chi connectivity index (χ3v) is 1.77. The van der Waals surface area contributed by atoms with E-state index < -0.39 is 0 Å². The van der Waals surface area contributed by atoms with Crippen LogP contribution in [0.3, 0.4) is 0 Å². The van der Waals surface area contributed by atoms with Crippen molar-refractivity contribution in [3.63, 3.8) is 0 Å². The van der Waals surface area contributed by atoms with Gasteiger partial charge in [-0.05, 0) is 19.9 Å². The normalized spacial score (nSPS) is 9.90. The Balaban J connectivity index is 3.31. The number of halogens is 1. The molecule has 2 N–H and O–H groups in total. The third-order valence-electron chi connectivity index (χ3n) is 1.28. The van der Waals surface area contributed by atoms with Gasteiger partial charge in [-0.25, -0.2) is 0 Å². The lowest BCUT2D eigenvalue weighted by molar-refractivity contribution is 1.13. The molecule has 10 heavy (non-hydrogen) atoms. The zero-order chi connectivity index (χ0) is 7.72. The summed E-state index contributed by atoms with van der Waals surface area (Å²) in [4.78, 5) is 4.12. The Labute approximate surface area is 65.0 Å². The van der Waals surface area contributed by atoms with E-state index in [9.17, 15) is 0 Å². The predicted octanol–water partition coefficient (Wildman–Crippen LogP) is 1.93. The second kappa shape index (κ2) is 2.46. The van der Waals surface area contributed by atoms with Gasteiger partial charge in [0, 0.05) is 5.69 Å². The summed E-state index contributed by atoms with van der Waals surface area (Å²) in [6.45, 7) is 3.73. The number of nitrogen functional groups attached to an aromatic ring is 1. The Morgan fingerprint density at radius 1 is 1.50 bits per heavy atom. The Morgan fingerprint density at radius 3 is 2.60 bits per heavy atom. The molecule has 2 nitrogen and oxygen atoms in total. The first-order chi connectivity index (χ1) is 4.61. The molecule has 0 fully saturated rings. The highest BCUT2D eigenvalue weighted by molar-refractivity contribution is 6.33. The minimum Gasteiger partial charge on any atom is -0.397 e. The highest BCUT2D eigenvalue weighted by Crippen LogP contribution is 2.21. The SMILES string of the molecule is Cc1cc(N)c(Cl)c(C)n1. The topological polar surface area (TPSA) is 38.9 Å². The maximum atomic E-state index is 5.76. The molecule has 3 heteroatoms. The van der Waals surface area contributed by atoms with Crippen molar-refractivity contribution < 1.29 is 0 Å². The standard InChI is InChI=1S/C7H9ClN2/c1-4-3-6(9)7(8)5(2)10-4/h3H,1-2H3,(H2,9,10). The molecule has 0 spiro atoms. The van der Waals surface area contributed by atoms with Crippen LogP contribution in [0.2, 0.25) is 5.02 Å². The van der Waals surface area contributed by atoms with Crippen molar-refractivity contribution in [1.82, 2.24) is 4.98 Å². The van der Waals surface area contributed by atoms with Gasteiger partial charge in [0.2, 0.25) is 0 Å². The molecule has 1 heterocycles. The Morgan fingerprint density at radius 2 is 2.10 bits per heavy atom. The van der Waals surface area contributed by atoms with E-state index in [4.69, 9.17) is 17.3 Å². The highest BCUT2D eigenvalue weighted by atomic mass is 35.5. The second-order valence-corrected chi connectivity index (χ2v) is 2.63. The maximum absolute atomic E-state index is 5.76. The number of aromatic nitrogens is 1. The summed E-state index contributed by atoms with van der Waals surface area (Å²) in [5.41, 5.74) is 7.85. The van der Waals surface area contributed by atoms with E-state index in [1.807, 2.05) is 13.8 Å². The number of aryl methyl sites for hydroxylation is 2. The van der Waals surface area contributed by atoms with Gasteiger partial charge in [0.25, 0.3) is 0 Å². The molecule has 0 aliphatic heterocycles. The first kappa shape index (κ1) is 7.35. The molecular formula is C7H9ClN2. The number of hydrogen-bond acceptors (Lipinski definition) is 2. The van der Waals surface area contributed by atoms with E-state index in [1.165, 1.54) is 0 Å². The van der Waals surface area contributed by atoms with Crippen molar-refractivity contribution in [1.29, 1.82) is 0 Å². The van der Waals surface area contributed by atoms with Crippen LogP contribution < -0.4 is 5.73 Å². The quantitative estimate of drug-likeness (QED) is 0.624. The fourth-order valence-corrected chi connectivity index (χ4v) is 0.940. The molecule has 0 aromatic carbocycles. The molecule has 1 aromatic heterocycles. The van der Waals surface area contributed by atoms with Crippen LogP contribution >= 0.6 is 11.6 Å². The molecule has 1 aromatic rings. The van der Waals surface area contributed by atoms with Gasteiger partial charge < -0.3 is 5.73 Å². The van der Waals surface area contributed by atoms with E-state index in [-0.39, 0.29) is 0 Å². The fourth-order valence-electron chi connectivity index (χ4n) is 0.843.